The van der Waals surface area contributed by atoms with Crippen LogP contribution in [0.2, 0.25) is 0 Å². The molecular weight excluding hydrogens is 380 g/mol. The van der Waals surface area contributed by atoms with Crippen LogP contribution in [0.4, 0.5) is 0 Å². The van der Waals surface area contributed by atoms with Crippen molar-refractivity contribution < 1.29 is 18.4 Å². The SMILES string of the molecule is CC(=O)c1ccc(-c2ccc(C(=O)NC[C@H](c3ccco3)N3CCCCC3)o2)cc1. The average Bonchev–Trinajstić information content (AvgIpc) is 3.47. The van der Waals surface area contributed by atoms with E-state index in [0.717, 1.165) is 37.3 Å². The second-order valence-corrected chi connectivity index (χ2v) is 7.64. The summed E-state index contributed by atoms with van der Waals surface area (Å²) in [5.74, 6) is 1.48. The van der Waals surface area contributed by atoms with Crippen molar-refractivity contribution in [3.8, 4) is 11.3 Å². The molecule has 30 heavy (non-hydrogen) atoms. The van der Waals surface area contributed by atoms with Crippen molar-refractivity contribution in [2.75, 3.05) is 19.6 Å². The molecule has 2 aromatic heterocycles. The Morgan fingerprint density at radius 1 is 1.03 bits per heavy atom. The second kappa shape index (κ2) is 9.13. The Morgan fingerprint density at radius 3 is 2.47 bits per heavy atom. The van der Waals surface area contributed by atoms with Crippen LogP contribution in [-0.4, -0.2) is 36.2 Å². The number of likely N-dealkylation sites (tertiary alicyclic amines) is 1. The number of rotatable bonds is 7. The maximum Gasteiger partial charge on any atom is 0.287 e. The second-order valence-electron chi connectivity index (χ2n) is 7.64. The largest absolute Gasteiger partial charge is 0.468 e. The van der Waals surface area contributed by atoms with Gasteiger partial charge in [0.1, 0.15) is 11.5 Å². The van der Waals surface area contributed by atoms with Crippen LogP contribution in [-0.2, 0) is 0 Å². The molecule has 0 aliphatic carbocycles. The van der Waals surface area contributed by atoms with Gasteiger partial charge >= 0.3 is 0 Å². The van der Waals surface area contributed by atoms with Crippen molar-refractivity contribution in [3.05, 3.63) is 71.9 Å². The molecule has 1 N–H and O–H groups in total. The monoisotopic (exact) mass is 406 g/mol. The lowest BCUT2D eigenvalue weighted by Gasteiger charge is -2.33. The van der Waals surface area contributed by atoms with E-state index in [0.29, 0.717) is 17.9 Å². The highest BCUT2D eigenvalue weighted by Gasteiger charge is 2.25. The molecule has 0 radical (unpaired) electrons. The highest BCUT2D eigenvalue weighted by Crippen LogP contribution is 2.26. The summed E-state index contributed by atoms with van der Waals surface area (Å²) in [6, 6.07) is 14.4. The number of furan rings is 2. The molecule has 3 aromatic rings. The van der Waals surface area contributed by atoms with Crippen molar-refractivity contribution in [3.63, 3.8) is 0 Å². The lowest BCUT2D eigenvalue weighted by molar-refractivity contribution is 0.0887. The summed E-state index contributed by atoms with van der Waals surface area (Å²) in [5.41, 5.74) is 1.46. The van der Waals surface area contributed by atoms with Gasteiger partial charge in [0.15, 0.2) is 11.5 Å². The first-order valence-electron chi connectivity index (χ1n) is 10.4. The van der Waals surface area contributed by atoms with Crippen LogP contribution in [0.5, 0.6) is 0 Å². The van der Waals surface area contributed by atoms with Crippen LogP contribution < -0.4 is 5.32 Å². The zero-order chi connectivity index (χ0) is 20.9. The minimum Gasteiger partial charge on any atom is -0.468 e. The van der Waals surface area contributed by atoms with E-state index in [-0.39, 0.29) is 23.5 Å². The lowest BCUT2D eigenvalue weighted by Crippen LogP contribution is -2.40. The first kappa shape index (κ1) is 20.2. The average molecular weight is 406 g/mol. The van der Waals surface area contributed by atoms with Crippen LogP contribution in [0.1, 0.15) is 58.9 Å². The Kier molecular flexibility index (Phi) is 6.14. The van der Waals surface area contributed by atoms with E-state index in [1.54, 1.807) is 30.5 Å². The normalized spacial score (nSPS) is 15.6. The van der Waals surface area contributed by atoms with E-state index >= 15 is 0 Å². The van der Waals surface area contributed by atoms with E-state index in [2.05, 4.69) is 10.2 Å². The van der Waals surface area contributed by atoms with Crippen LogP contribution in [0, 0.1) is 0 Å². The molecule has 0 spiro atoms. The third-order valence-corrected chi connectivity index (χ3v) is 5.56. The number of hydrogen-bond donors (Lipinski definition) is 1. The number of ketones is 1. The maximum atomic E-state index is 12.7. The molecule has 1 amide bonds. The molecule has 1 aliphatic rings. The Hall–Kier alpha value is -3.12. The molecule has 4 rings (SSSR count). The third-order valence-electron chi connectivity index (χ3n) is 5.56. The van der Waals surface area contributed by atoms with Gasteiger partial charge in [-0.25, -0.2) is 0 Å². The summed E-state index contributed by atoms with van der Waals surface area (Å²) in [7, 11) is 0. The van der Waals surface area contributed by atoms with Gasteiger partial charge in [-0.1, -0.05) is 30.7 Å². The smallest absolute Gasteiger partial charge is 0.287 e. The lowest BCUT2D eigenvalue weighted by atomic mass is 10.1. The number of piperidine rings is 1. The van der Waals surface area contributed by atoms with Gasteiger partial charge in [0.2, 0.25) is 0 Å². The van der Waals surface area contributed by atoms with E-state index in [9.17, 15) is 9.59 Å². The van der Waals surface area contributed by atoms with Crippen LogP contribution in [0.25, 0.3) is 11.3 Å². The Labute approximate surface area is 175 Å². The Morgan fingerprint density at radius 2 is 1.80 bits per heavy atom. The number of nitrogens with one attached hydrogen (secondary N) is 1. The molecule has 0 bridgehead atoms. The van der Waals surface area contributed by atoms with Crippen molar-refractivity contribution in [2.24, 2.45) is 0 Å². The van der Waals surface area contributed by atoms with E-state index < -0.39 is 0 Å². The van der Waals surface area contributed by atoms with Crippen molar-refractivity contribution in [2.45, 2.75) is 32.2 Å². The molecule has 1 atom stereocenters. The molecule has 0 saturated carbocycles. The van der Waals surface area contributed by atoms with Gasteiger partial charge in [-0.15, -0.1) is 0 Å². The highest BCUT2D eigenvalue weighted by molar-refractivity contribution is 5.94. The van der Waals surface area contributed by atoms with Crippen molar-refractivity contribution in [1.29, 1.82) is 0 Å². The van der Waals surface area contributed by atoms with Gasteiger partial charge in [-0.05, 0) is 57.1 Å². The zero-order valence-electron chi connectivity index (χ0n) is 17.1. The molecule has 3 heterocycles. The molecule has 1 saturated heterocycles. The number of carbonyl (C=O) groups is 2. The van der Waals surface area contributed by atoms with Gasteiger partial charge in [-0.2, -0.15) is 0 Å². The maximum absolute atomic E-state index is 12.7. The minimum absolute atomic E-state index is 0.0119. The molecule has 156 valence electrons. The molecular formula is C24H26N2O4. The predicted molar refractivity (Wildman–Crippen MR) is 113 cm³/mol. The van der Waals surface area contributed by atoms with Crippen molar-refractivity contribution >= 4 is 11.7 Å². The number of nitrogens with zero attached hydrogens (tertiary/aromatic N) is 1. The Balaban J connectivity index is 1.42. The van der Waals surface area contributed by atoms with Crippen LogP contribution >= 0.6 is 0 Å². The third kappa shape index (κ3) is 4.54. The first-order valence-corrected chi connectivity index (χ1v) is 10.4. The number of amides is 1. The summed E-state index contributed by atoms with van der Waals surface area (Å²) in [4.78, 5) is 26.5. The number of Topliss-reactive ketones (excluding diaryl/α,β-unsaturated/α-hetero) is 1. The highest BCUT2D eigenvalue weighted by atomic mass is 16.4. The van der Waals surface area contributed by atoms with Crippen molar-refractivity contribution in [1.82, 2.24) is 10.2 Å². The summed E-state index contributed by atoms with van der Waals surface area (Å²) in [5, 5.41) is 2.99. The molecule has 1 fully saturated rings. The van der Waals surface area contributed by atoms with Gasteiger partial charge in [0.05, 0.1) is 12.3 Å². The van der Waals surface area contributed by atoms with E-state index in [1.165, 1.54) is 13.3 Å². The molecule has 0 unspecified atom stereocenters. The Bertz CT molecular complexity index is 983. The summed E-state index contributed by atoms with van der Waals surface area (Å²) in [6.07, 6.45) is 5.24. The van der Waals surface area contributed by atoms with Gasteiger partial charge in [-0.3, -0.25) is 14.5 Å². The first-order chi connectivity index (χ1) is 14.6. The number of hydrogen-bond acceptors (Lipinski definition) is 5. The fourth-order valence-electron chi connectivity index (χ4n) is 3.88. The summed E-state index contributed by atoms with van der Waals surface area (Å²) < 4.78 is 11.4. The quantitative estimate of drug-likeness (QED) is 0.576. The zero-order valence-corrected chi connectivity index (χ0v) is 17.1. The van der Waals surface area contributed by atoms with Gasteiger partial charge in [0.25, 0.3) is 5.91 Å². The van der Waals surface area contributed by atoms with Crippen LogP contribution in [0.3, 0.4) is 0 Å². The van der Waals surface area contributed by atoms with E-state index in [1.807, 2.05) is 24.3 Å². The van der Waals surface area contributed by atoms with Gasteiger partial charge < -0.3 is 14.2 Å². The molecule has 1 aliphatic heterocycles. The molecule has 6 nitrogen and oxygen atoms in total. The van der Waals surface area contributed by atoms with Gasteiger partial charge in [0, 0.05) is 17.7 Å². The van der Waals surface area contributed by atoms with E-state index in [4.69, 9.17) is 8.83 Å². The standard InChI is InChI=1S/C24H26N2O4/c1-17(27)18-7-9-19(10-8-18)21-11-12-23(30-21)24(28)25-16-20(22-6-5-15-29-22)26-13-3-2-4-14-26/h5-12,15,20H,2-4,13-14,16H2,1H3,(H,25,28)/t20-/m1/s1. The summed E-state index contributed by atoms with van der Waals surface area (Å²) >= 11 is 0. The summed E-state index contributed by atoms with van der Waals surface area (Å²) in [6.45, 7) is 3.99. The van der Waals surface area contributed by atoms with Crippen LogP contribution in [0.15, 0.2) is 63.6 Å². The fourth-order valence-corrected chi connectivity index (χ4v) is 3.88. The number of benzene rings is 1. The fraction of sp³-hybridized carbons (Fsp3) is 0.333. The molecule has 1 aromatic carbocycles. The molecule has 6 heteroatoms. The minimum atomic E-state index is -0.254. The predicted octanol–water partition coefficient (Wildman–Crippen LogP) is 4.70. The topological polar surface area (TPSA) is 75.7 Å². The number of carbonyl (C=O) groups excluding carboxylic acids is 2.